The van der Waals surface area contributed by atoms with Crippen LogP contribution in [0, 0.1) is 0 Å². The summed E-state index contributed by atoms with van der Waals surface area (Å²) in [5.74, 6) is 0. The van der Waals surface area contributed by atoms with Gasteiger partial charge in [-0.3, -0.25) is 9.67 Å². The molecule has 0 amide bonds. The van der Waals surface area contributed by atoms with Crippen molar-refractivity contribution in [2.75, 3.05) is 0 Å². The lowest BCUT2D eigenvalue weighted by Gasteiger charge is -1.93. The van der Waals surface area contributed by atoms with Crippen LogP contribution in [0.3, 0.4) is 0 Å². The van der Waals surface area contributed by atoms with E-state index in [0.717, 1.165) is 17.8 Å². The second-order valence-electron chi connectivity index (χ2n) is 2.80. The summed E-state index contributed by atoms with van der Waals surface area (Å²) < 4.78 is 1.89. The summed E-state index contributed by atoms with van der Waals surface area (Å²) in [6.07, 6.45) is 5.63. The summed E-state index contributed by atoms with van der Waals surface area (Å²) in [5.41, 5.74) is 2.05. The van der Waals surface area contributed by atoms with Crippen LogP contribution in [0.15, 0.2) is 36.8 Å². The summed E-state index contributed by atoms with van der Waals surface area (Å²) >= 11 is 0. The molecule has 0 atom stereocenters. The van der Waals surface area contributed by atoms with Crippen LogP contribution in [0.25, 0.3) is 11.3 Å². The zero-order valence-corrected chi connectivity index (χ0v) is 7.51. The van der Waals surface area contributed by atoms with Gasteiger partial charge < -0.3 is 0 Å². The van der Waals surface area contributed by atoms with Crippen LogP contribution in [-0.2, 0) is 6.54 Å². The fourth-order valence-corrected chi connectivity index (χ4v) is 1.20. The third-order valence-corrected chi connectivity index (χ3v) is 1.92. The molecule has 0 radical (unpaired) electrons. The van der Waals surface area contributed by atoms with Crippen LogP contribution < -0.4 is 0 Å². The molecule has 2 heterocycles. The molecule has 0 saturated heterocycles. The predicted octanol–water partition coefficient (Wildman–Crippen LogP) is 1.96. The minimum absolute atomic E-state index is 0.896. The van der Waals surface area contributed by atoms with E-state index in [0.29, 0.717) is 0 Å². The van der Waals surface area contributed by atoms with E-state index < -0.39 is 0 Å². The highest BCUT2D eigenvalue weighted by Gasteiger charge is 1.99. The van der Waals surface area contributed by atoms with Gasteiger partial charge in [0, 0.05) is 24.5 Å². The lowest BCUT2D eigenvalue weighted by atomic mass is 10.2. The average Bonchev–Trinajstić information content (AvgIpc) is 2.67. The van der Waals surface area contributed by atoms with Crippen molar-refractivity contribution in [2.24, 2.45) is 0 Å². The van der Waals surface area contributed by atoms with Gasteiger partial charge in [-0.2, -0.15) is 5.10 Å². The third kappa shape index (κ3) is 1.59. The number of hydrogen-bond acceptors (Lipinski definition) is 2. The van der Waals surface area contributed by atoms with Gasteiger partial charge in [0.1, 0.15) is 0 Å². The van der Waals surface area contributed by atoms with Gasteiger partial charge in [-0.05, 0) is 19.1 Å². The summed E-state index contributed by atoms with van der Waals surface area (Å²) in [6.45, 7) is 2.96. The SMILES string of the molecule is CCn1cc(-c2ccccn2)cn1. The van der Waals surface area contributed by atoms with Gasteiger partial charge in [0.15, 0.2) is 0 Å². The van der Waals surface area contributed by atoms with Crippen molar-refractivity contribution in [1.82, 2.24) is 14.8 Å². The molecule has 0 aliphatic rings. The summed E-state index contributed by atoms with van der Waals surface area (Å²) in [6, 6.07) is 5.87. The molecule has 2 aromatic heterocycles. The molecule has 0 spiro atoms. The Kier molecular flexibility index (Phi) is 2.08. The molecule has 0 fully saturated rings. The van der Waals surface area contributed by atoms with E-state index in [2.05, 4.69) is 17.0 Å². The molecule has 0 aliphatic carbocycles. The van der Waals surface area contributed by atoms with E-state index in [4.69, 9.17) is 0 Å². The fraction of sp³-hybridized carbons (Fsp3) is 0.200. The number of hydrogen-bond donors (Lipinski definition) is 0. The van der Waals surface area contributed by atoms with E-state index in [1.807, 2.05) is 35.3 Å². The second-order valence-corrected chi connectivity index (χ2v) is 2.80. The Bertz CT molecular complexity index is 378. The van der Waals surface area contributed by atoms with E-state index >= 15 is 0 Å². The molecule has 3 nitrogen and oxygen atoms in total. The molecule has 0 bridgehead atoms. The van der Waals surface area contributed by atoms with Crippen molar-refractivity contribution in [1.29, 1.82) is 0 Å². The van der Waals surface area contributed by atoms with Crippen LogP contribution >= 0.6 is 0 Å². The second kappa shape index (κ2) is 3.39. The Labute approximate surface area is 77.0 Å². The minimum Gasteiger partial charge on any atom is -0.272 e. The monoisotopic (exact) mass is 173 g/mol. The zero-order valence-electron chi connectivity index (χ0n) is 7.51. The Hall–Kier alpha value is -1.64. The first-order chi connectivity index (χ1) is 6.40. The van der Waals surface area contributed by atoms with Crippen molar-refractivity contribution >= 4 is 0 Å². The van der Waals surface area contributed by atoms with Crippen molar-refractivity contribution in [2.45, 2.75) is 13.5 Å². The molecule has 0 aromatic carbocycles. The number of nitrogens with zero attached hydrogens (tertiary/aromatic N) is 3. The third-order valence-electron chi connectivity index (χ3n) is 1.92. The normalized spacial score (nSPS) is 10.2. The highest BCUT2D eigenvalue weighted by Crippen LogP contribution is 2.14. The van der Waals surface area contributed by atoms with Gasteiger partial charge in [-0.1, -0.05) is 6.07 Å². The Morgan fingerprint density at radius 3 is 2.92 bits per heavy atom. The van der Waals surface area contributed by atoms with Crippen LogP contribution in [-0.4, -0.2) is 14.8 Å². The largest absolute Gasteiger partial charge is 0.272 e. The Balaban J connectivity index is 2.36. The van der Waals surface area contributed by atoms with Crippen LogP contribution in [0.1, 0.15) is 6.92 Å². The van der Waals surface area contributed by atoms with Crippen molar-refractivity contribution in [3.8, 4) is 11.3 Å². The maximum Gasteiger partial charge on any atom is 0.0733 e. The van der Waals surface area contributed by atoms with E-state index in [1.54, 1.807) is 6.20 Å². The highest BCUT2D eigenvalue weighted by molar-refractivity contribution is 5.56. The first kappa shape index (κ1) is 7.98. The van der Waals surface area contributed by atoms with Gasteiger partial charge in [0.05, 0.1) is 11.9 Å². The van der Waals surface area contributed by atoms with Gasteiger partial charge in [-0.25, -0.2) is 0 Å². The maximum atomic E-state index is 4.24. The number of aromatic nitrogens is 3. The molecule has 0 unspecified atom stereocenters. The molecule has 2 aromatic rings. The zero-order chi connectivity index (χ0) is 9.10. The quantitative estimate of drug-likeness (QED) is 0.695. The molecular formula is C10H11N3. The molecule has 0 saturated carbocycles. The lowest BCUT2D eigenvalue weighted by Crippen LogP contribution is -1.92. The van der Waals surface area contributed by atoms with Crippen LogP contribution in [0.4, 0.5) is 0 Å². The van der Waals surface area contributed by atoms with Gasteiger partial charge in [0.25, 0.3) is 0 Å². The number of rotatable bonds is 2. The predicted molar refractivity (Wildman–Crippen MR) is 51.1 cm³/mol. The summed E-state index contributed by atoms with van der Waals surface area (Å²) in [5, 5.41) is 4.19. The number of pyridine rings is 1. The Morgan fingerprint density at radius 2 is 2.31 bits per heavy atom. The molecule has 2 rings (SSSR count). The van der Waals surface area contributed by atoms with E-state index in [1.165, 1.54) is 0 Å². The summed E-state index contributed by atoms with van der Waals surface area (Å²) in [7, 11) is 0. The molecule has 66 valence electrons. The van der Waals surface area contributed by atoms with Crippen molar-refractivity contribution < 1.29 is 0 Å². The smallest absolute Gasteiger partial charge is 0.0733 e. The van der Waals surface area contributed by atoms with Crippen LogP contribution in [0.5, 0.6) is 0 Å². The molecule has 0 N–H and O–H groups in total. The fourth-order valence-electron chi connectivity index (χ4n) is 1.20. The first-order valence-corrected chi connectivity index (χ1v) is 4.34. The standard InChI is InChI=1S/C10H11N3/c1-2-13-8-9(7-12-13)10-5-3-4-6-11-10/h3-8H,2H2,1H3. The van der Waals surface area contributed by atoms with E-state index in [-0.39, 0.29) is 0 Å². The maximum absolute atomic E-state index is 4.24. The van der Waals surface area contributed by atoms with E-state index in [9.17, 15) is 0 Å². The minimum atomic E-state index is 0.896. The summed E-state index contributed by atoms with van der Waals surface area (Å²) in [4.78, 5) is 4.24. The Morgan fingerprint density at radius 1 is 1.38 bits per heavy atom. The molecule has 13 heavy (non-hydrogen) atoms. The van der Waals surface area contributed by atoms with Gasteiger partial charge in [-0.15, -0.1) is 0 Å². The molecular weight excluding hydrogens is 162 g/mol. The first-order valence-electron chi connectivity index (χ1n) is 4.34. The van der Waals surface area contributed by atoms with Gasteiger partial charge in [0.2, 0.25) is 0 Å². The van der Waals surface area contributed by atoms with Gasteiger partial charge >= 0.3 is 0 Å². The molecule has 0 aliphatic heterocycles. The molecule has 3 heteroatoms. The average molecular weight is 173 g/mol. The van der Waals surface area contributed by atoms with Crippen molar-refractivity contribution in [3.05, 3.63) is 36.8 Å². The lowest BCUT2D eigenvalue weighted by molar-refractivity contribution is 0.660. The highest BCUT2D eigenvalue weighted by atomic mass is 15.3. The van der Waals surface area contributed by atoms with Crippen LogP contribution in [0.2, 0.25) is 0 Å². The topological polar surface area (TPSA) is 30.7 Å². The number of aryl methyl sites for hydroxylation is 1. The van der Waals surface area contributed by atoms with Crippen molar-refractivity contribution in [3.63, 3.8) is 0 Å².